The maximum absolute atomic E-state index is 12.4. The monoisotopic (exact) mass is 405 g/mol. The minimum absolute atomic E-state index is 0.0940. The summed E-state index contributed by atoms with van der Waals surface area (Å²) in [6, 6.07) is 14.0. The van der Waals surface area contributed by atoms with Crippen LogP contribution in [0.1, 0.15) is 19.2 Å². The van der Waals surface area contributed by atoms with Crippen molar-refractivity contribution in [1.29, 1.82) is 0 Å². The molecule has 8 heteroatoms. The van der Waals surface area contributed by atoms with E-state index in [1.54, 1.807) is 36.4 Å². The predicted octanol–water partition coefficient (Wildman–Crippen LogP) is 4.52. The van der Waals surface area contributed by atoms with Crippen molar-refractivity contribution in [3.05, 3.63) is 64.5 Å². The number of ether oxygens (including phenoxy) is 1. The van der Waals surface area contributed by atoms with Crippen LogP contribution in [0.3, 0.4) is 0 Å². The minimum atomic E-state index is -0.642. The van der Waals surface area contributed by atoms with Gasteiger partial charge in [-0.15, -0.1) is 0 Å². The summed E-state index contributed by atoms with van der Waals surface area (Å²) in [6.45, 7) is 1.96. The topological polar surface area (TPSA) is 77.2 Å². The Balaban J connectivity index is 1.59. The van der Waals surface area contributed by atoms with Gasteiger partial charge in [0.2, 0.25) is 11.7 Å². The summed E-state index contributed by atoms with van der Waals surface area (Å²) in [5.74, 6) is 0.944. The zero-order chi connectivity index (χ0) is 19.2. The fourth-order valence-electron chi connectivity index (χ4n) is 2.35. The highest BCUT2D eigenvalue weighted by atomic mass is 35.5. The molecular formula is C19H17Cl2N3O3. The van der Waals surface area contributed by atoms with Crippen LogP contribution in [0.2, 0.25) is 10.0 Å². The smallest absolute Gasteiger partial charge is 0.261 e. The minimum Gasteiger partial charge on any atom is -0.481 e. The maximum Gasteiger partial charge on any atom is 0.261 e. The highest BCUT2D eigenvalue weighted by Crippen LogP contribution is 2.24. The van der Waals surface area contributed by atoms with Gasteiger partial charge >= 0.3 is 0 Å². The lowest BCUT2D eigenvalue weighted by Gasteiger charge is -2.16. The van der Waals surface area contributed by atoms with Crippen molar-refractivity contribution in [2.45, 2.75) is 26.0 Å². The molecule has 0 aliphatic heterocycles. The number of halogens is 2. The van der Waals surface area contributed by atoms with Crippen LogP contribution in [-0.4, -0.2) is 22.2 Å². The number of amides is 1. The quantitative estimate of drug-likeness (QED) is 0.625. The second-order valence-electron chi connectivity index (χ2n) is 5.68. The molecule has 2 aromatic carbocycles. The van der Waals surface area contributed by atoms with Crippen LogP contribution in [0.25, 0.3) is 11.4 Å². The van der Waals surface area contributed by atoms with E-state index in [-0.39, 0.29) is 18.3 Å². The lowest BCUT2D eigenvalue weighted by molar-refractivity contribution is -0.128. The molecule has 0 saturated carbocycles. The van der Waals surface area contributed by atoms with Crippen LogP contribution in [0.15, 0.2) is 53.1 Å². The first-order chi connectivity index (χ1) is 13.1. The third-order valence-electron chi connectivity index (χ3n) is 3.75. The van der Waals surface area contributed by atoms with Gasteiger partial charge in [0.05, 0.1) is 11.6 Å². The molecule has 0 spiro atoms. The number of carbonyl (C=O) groups is 1. The summed E-state index contributed by atoms with van der Waals surface area (Å²) in [4.78, 5) is 16.6. The Hall–Kier alpha value is -2.57. The Morgan fingerprint density at radius 1 is 1.19 bits per heavy atom. The van der Waals surface area contributed by atoms with E-state index in [0.29, 0.717) is 33.6 Å². The zero-order valence-electron chi connectivity index (χ0n) is 14.5. The molecule has 0 saturated heterocycles. The molecule has 3 aromatic rings. The Bertz CT molecular complexity index is 913. The maximum atomic E-state index is 12.4. The summed E-state index contributed by atoms with van der Waals surface area (Å²) < 4.78 is 10.9. The van der Waals surface area contributed by atoms with Crippen LogP contribution in [0.4, 0.5) is 0 Å². The number of nitrogens with one attached hydrogen (secondary N) is 1. The van der Waals surface area contributed by atoms with E-state index in [2.05, 4.69) is 15.5 Å². The van der Waals surface area contributed by atoms with Gasteiger partial charge in [-0.05, 0) is 42.8 Å². The normalized spacial score (nSPS) is 11.8. The van der Waals surface area contributed by atoms with Gasteiger partial charge in [0.25, 0.3) is 5.91 Å². The van der Waals surface area contributed by atoms with Crippen LogP contribution >= 0.6 is 23.2 Å². The number of hydrogen-bond acceptors (Lipinski definition) is 5. The highest BCUT2D eigenvalue weighted by Gasteiger charge is 2.19. The molecule has 140 valence electrons. The lowest BCUT2D eigenvalue weighted by atomic mass is 10.2. The molecule has 0 aliphatic carbocycles. The van der Waals surface area contributed by atoms with Crippen LogP contribution in [-0.2, 0) is 11.3 Å². The second-order valence-corrected chi connectivity index (χ2v) is 6.52. The van der Waals surface area contributed by atoms with Crippen molar-refractivity contribution in [2.24, 2.45) is 0 Å². The molecular weight excluding hydrogens is 389 g/mol. The third-order valence-corrected chi connectivity index (χ3v) is 4.33. The Labute approximate surface area is 166 Å². The van der Waals surface area contributed by atoms with E-state index >= 15 is 0 Å². The number of benzene rings is 2. The number of hydrogen-bond donors (Lipinski definition) is 1. The predicted molar refractivity (Wildman–Crippen MR) is 103 cm³/mol. The summed E-state index contributed by atoms with van der Waals surface area (Å²) >= 11 is 12.0. The molecule has 1 N–H and O–H groups in total. The van der Waals surface area contributed by atoms with E-state index in [9.17, 15) is 4.79 Å². The van der Waals surface area contributed by atoms with Gasteiger partial charge in [0.15, 0.2) is 6.10 Å². The zero-order valence-corrected chi connectivity index (χ0v) is 16.0. The first-order valence-electron chi connectivity index (χ1n) is 8.34. The fourth-order valence-corrected chi connectivity index (χ4v) is 2.70. The van der Waals surface area contributed by atoms with Crippen LogP contribution in [0.5, 0.6) is 5.75 Å². The van der Waals surface area contributed by atoms with Crippen LogP contribution in [0, 0.1) is 0 Å². The van der Waals surface area contributed by atoms with Gasteiger partial charge in [0, 0.05) is 10.6 Å². The molecule has 27 heavy (non-hydrogen) atoms. The SMILES string of the molecule is CCC(Oc1ccc(Cl)cc1)C(=O)NCc1nc(-c2ccccc2Cl)no1. The molecule has 0 radical (unpaired) electrons. The Morgan fingerprint density at radius 2 is 1.93 bits per heavy atom. The molecule has 6 nitrogen and oxygen atoms in total. The Morgan fingerprint density at radius 3 is 2.63 bits per heavy atom. The molecule has 1 aromatic heterocycles. The number of carbonyl (C=O) groups excluding carboxylic acids is 1. The number of aromatic nitrogens is 2. The van der Waals surface area contributed by atoms with E-state index in [4.69, 9.17) is 32.5 Å². The summed E-state index contributed by atoms with van der Waals surface area (Å²) in [5, 5.41) is 7.77. The fraction of sp³-hybridized carbons (Fsp3) is 0.211. The summed E-state index contributed by atoms with van der Waals surface area (Å²) in [6.07, 6.45) is -0.138. The van der Waals surface area contributed by atoms with Gasteiger partial charge in [-0.25, -0.2) is 0 Å². The first-order valence-corrected chi connectivity index (χ1v) is 9.10. The molecule has 1 unspecified atom stereocenters. The standard InChI is InChI=1S/C19H17Cl2N3O3/c1-2-16(26-13-9-7-12(20)8-10-13)19(25)22-11-17-23-18(24-27-17)14-5-3-4-6-15(14)21/h3-10,16H,2,11H2,1H3,(H,22,25). The van der Waals surface area contributed by atoms with Crippen LogP contribution < -0.4 is 10.1 Å². The Kier molecular flexibility index (Phi) is 6.32. The van der Waals surface area contributed by atoms with Gasteiger partial charge in [0.1, 0.15) is 5.75 Å². The average Bonchev–Trinajstić information content (AvgIpc) is 3.15. The summed E-state index contributed by atoms with van der Waals surface area (Å²) in [5.41, 5.74) is 0.665. The number of nitrogens with zero attached hydrogens (tertiary/aromatic N) is 2. The average molecular weight is 406 g/mol. The lowest BCUT2D eigenvalue weighted by Crippen LogP contribution is -2.37. The van der Waals surface area contributed by atoms with Gasteiger partial charge in [-0.2, -0.15) is 4.98 Å². The van der Waals surface area contributed by atoms with Gasteiger partial charge in [-0.1, -0.05) is 47.4 Å². The molecule has 0 fully saturated rings. The van der Waals surface area contributed by atoms with Gasteiger partial charge < -0.3 is 14.6 Å². The second kappa shape index (κ2) is 8.88. The summed E-state index contributed by atoms with van der Waals surface area (Å²) in [7, 11) is 0. The molecule has 3 rings (SSSR count). The largest absolute Gasteiger partial charge is 0.481 e. The molecule has 1 amide bonds. The van der Waals surface area contributed by atoms with E-state index < -0.39 is 6.10 Å². The third kappa shape index (κ3) is 4.99. The van der Waals surface area contributed by atoms with Crippen molar-refractivity contribution in [3.8, 4) is 17.1 Å². The molecule has 1 atom stereocenters. The van der Waals surface area contributed by atoms with Crippen molar-refractivity contribution < 1.29 is 14.1 Å². The highest BCUT2D eigenvalue weighted by molar-refractivity contribution is 6.33. The van der Waals surface area contributed by atoms with Crippen molar-refractivity contribution in [3.63, 3.8) is 0 Å². The van der Waals surface area contributed by atoms with Crippen molar-refractivity contribution >= 4 is 29.1 Å². The molecule has 1 heterocycles. The molecule has 0 aliphatic rings. The van der Waals surface area contributed by atoms with Crippen molar-refractivity contribution in [2.75, 3.05) is 0 Å². The van der Waals surface area contributed by atoms with Gasteiger partial charge in [-0.3, -0.25) is 4.79 Å². The van der Waals surface area contributed by atoms with Crippen molar-refractivity contribution in [1.82, 2.24) is 15.5 Å². The molecule has 0 bridgehead atoms. The van der Waals surface area contributed by atoms with E-state index in [1.165, 1.54) is 0 Å². The first kappa shape index (κ1) is 19.2. The van der Waals surface area contributed by atoms with E-state index in [0.717, 1.165) is 0 Å². The van der Waals surface area contributed by atoms with E-state index in [1.807, 2.05) is 19.1 Å². The number of rotatable bonds is 7.